The second kappa shape index (κ2) is 8.19. The van der Waals surface area contributed by atoms with Crippen LogP contribution >= 0.6 is 11.8 Å². The standard InChI is InChI=1S/C25H22N2O3S/c28-23(26-12-6-1-7-13-26)16-27-24(29)22(31-25(27)30)15-21-19-10-4-2-8-17(19)14-18-9-3-5-11-20(18)21/h2-5,8-11,14-15H,1,6-7,12-13,16H2/b22-15-. The largest absolute Gasteiger partial charge is 0.341 e. The third kappa shape index (κ3) is 3.72. The van der Waals surface area contributed by atoms with Crippen molar-refractivity contribution in [1.29, 1.82) is 0 Å². The predicted octanol–water partition coefficient (Wildman–Crippen LogP) is 5.04. The van der Waals surface area contributed by atoms with Crippen LogP contribution in [0.4, 0.5) is 4.79 Å². The lowest BCUT2D eigenvalue weighted by atomic mass is 9.96. The molecule has 2 aliphatic heterocycles. The molecule has 5 rings (SSSR count). The zero-order valence-electron chi connectivity index (χ0n) is 17.0. The van der Waals surface area contributed by atoms with E-state index in [4.69, 9.17) is 0 Å². The Labute approximate surface area is 184 Å². The summed E-state index contributed by atoms with van der Waals surface area (Å²) in [6, 6.07) is 18.2. The molecule has 0 radical (unpaired) electrons. The third-order valence-corrected chi connectivity index (χ3v) is 6.87. The summed E-state index contributed by atoms with van der Waals surface area (Å²) in [6.45, 7) is 1.22. The Morgan fingerprint density at radius 1 is 0.903 bits per heavy atom. The van der Waals surface area contributed by atoms with Crippen LogP contribution in [0.25, 0.3) is 27.6 Å². The Morgan fingerprint density at radius 3 is 2.16 bits per heavy atom. The quantitative estimate of drug-likeness (QED) is 0.431. The maximum absolute atomic E-state index is 13.1. The SMILES string of the molecule is O=C(CN1C(=O)S/C(=C\c2c3ccccc3cc3ccccc23)C1=O)N1CCCCC1. The van der Waals surface area contributed by atoms with Crippen molar-refractivity contribution >= 4 is 56.4 Å². The van der Waals surface area contributed by atoms with Gasteiger partial charge in [0.15, 0.2) is 0 Å². The number of fused-ring (bicyclic) bond motifs is 2. The first-order valence-corrected chi connectivity index (χ1v) is 11.4. The van der Waals surface area contributed by atoms with Gasteiger partial charge in [-0.2, -0.15) is 0 Å². The van der Waals surface area contributed by atoms with Crippen LogP contribution in [0.1, 0.15) is 24.8 Å². The van der Waals surface area contributed by atoms with Crippen LogP contribution in [-0.4, -0.2) is 46.5 Å². The molecule has 0 aliphatic carbocycles. The first kappa shape index (κ1) is 19.8. The molecule has 3 aromatic rings. The van der Waals surface area contributed by atoms with E-state index in [0.717, 1.165) is 63.0 Å². The van der Waals surface area contributed by atoms with Gasteiger partial charge in [-0.25, -0.2) is 0 Å². The average Bonchev–Trinajstić information content (AvgIpc) is 3.06. The van der Waals surface area contributed by atoms with E-state index in [1.807, 2.05) is 48.5 Å². The third-order valence-electron chi connectivity index (χ3n) is 5.96. The molecule has 0 saturated carbocycles. The van der Waals surface area contributed by atoms with E-state index >= 15 is 0 Å². The molecular weight excluding hydrogens is 408 g/mol. The molecule has 0 aromatic heterocycles. The van der Waals surface area contributed by atoms with Crippen molar-refractivity contribution in [2.45, 2.75) is 19.3 Å². The average molecular weight is 431 g/mol. The normalized spacial score (nSPS) is 18.5. The van der Waals surface area contributed by atoms with Gasteiger partial charge in [0.25, 0.3) is 11.1 Å². The Kier molecular flexibility index (Phi) is 5.24. The Bertz CT molecular complexity index is 1190. The van der Waals surface area contributed by atoms with Crippen molar-refractivity contribution in [2.24, 2.45) is 0 Å². The number of hydrogen-bond acceptors (Lipinski definition) is 4. The monoisotopic (exact) mass is 430 g/mol. The molecule has 3 aromatic carbocycles. The zero-order valence-corrected chi connectivity index (χ0v) is 17.9. The second-order valence-corrected chi connectivity index (χ2v) is 8.94. The van der Waals surface area contributed by atoms with Crippen LogP contribution in [0.2, 0.25) is 0 Å². The summed E-state index contributed by atoms with van der Waals surface area (Å²) in [4.78, 5) is 41.5. The van der Waals surface area contributed by atoms with Crippen LogP contribution in [0.15, 0.2) is 59.5 Å². The maximum atomic E-state index is 13.1. The summed E-state index contributed by atoms with van der Waals surface area (Å²) >= 11 is 0.910. The molecule has 2 fully saturated rings. The van der Waals surface area contributed by atoms with Crippen molar-refractivity contribution in [1.82, 2.24) is 9.80 Å². The fraction of sp³-hybridized carbons (Fsp3) is 0.240. The summed E-state index contributed by atoms with van der Waals surface area (Å²) in [6.07, 6.45) is 4.87. The van der Waals surface area contributed by atoms with Crippen molar-refractivity contribution in [3.8, 4) is 0 Å². The minimum Gasteiger partial charge on any atom is -0.341 e. The topological polar surface area (TPSA) is 57.7 Å². The predicted molar refractivity (Wildman–Crippen MR) is 125 cm³/mol. The van der Waals surface area contributed by atoms with Gasteiger partial charge < -0.3 is 4.90 Å². The summed E-state index contributed by atoms with van der Waals surface area (Å²) in [5, 5.41) is 3.82. The van der Waals surface area contributed by atoms with Gasteiger partial charge in [-0.1, -0.05) is 48.5 Å². The molecule has 2 aliphatic rings. The lowest BCUT2D eigenvalue weighted by Gasteiger charge is -2.27. The molecule has 3 amide bonds. The molecule has 6 heteroatoms. The zero-order chi connectivity index (χ0) is 21.4. The van der Waals surface area contributed by atoms with Gasteiger partial charge >= 0.3 is 0 Å². The summed E-state index contributed by atoms with van der Waals surface area (Å²) in [7, 11) is 0. The van der Waals surface area contributed by atoms with Gasteiger partial charge in [-0.3, -0.25) is 19.3 Å². The van der Waals surface area contributed by atoms with E-state index in [-0.39, 0.29) is 17.7 Å². The van der Waals surface area contributed by atoms with E-state index in [2.05, 4.69) is 6.07 Å². The Morgan fingerprint density at radius 2 is 1.52 bits per heavy atom. The first-order valence-electron chi connectivity index (χ1n) is 10.6. The van der Waals surface area contributed by atoms with E-state index in [1.165, 1.54) is 0 Å². The number of carbonyl (C=O) groups excluding carboxylic acids is 3. The molecule has 0 spiro atoms. The second-order valence-electron chi connectivity index (χ2n) is 7.94. The van der Waals surface area contributed by atoms with Crippen molar-refractivity contribution in [2.75, 3.05) is 19.6 Å². The molecule has 5 nitrogen and oxygen atoms in total. The number of piperidine rings is 1. The number of amides is 3. The van der Waals surface area contributed by atoms with Crippen LogP contribution in [0.5, 0.6) is 0 Å². The minimum absolute atomic E-state index is 0.154. The molecule has 0 unspecified atom stereocenters. The molecule has 2 heterocycles. The molecule has 2 saturated heterocycles. The highest BCUT2D eigenvalue weighted by Gasteiger charge is 2.37. The van der Waals surface area contributed by atoms with Crippen LogP contribution < -0.4 is 0 Å². The molecule has 31 heavy (non-hydrogen) atoms. The highest BCUT2D eigenvalue weighted by Crippen LogP contribution is 2.36. The number of hydrogen-bond donors (Lipinski definition) is 0. The molecule has 0 bridgehead atoms. The Balaban J connectivity index is 1.50. The molecular formula is C25H22N2O3S. The molecule has 0 atom stereocenters. The van der Waals surface area contributed by atoms with Crippen LogP contribution in [-0.2, 0) is 9.59 Å². The fourth-order valence-electron chi connectivity index (χ4n) is 4.35. The van der Waals surface area contributed by atoms with Crippen LogP contribution in [0.3, 0.4) is 0 Å². The van der Waals surface area contributed by atoms with Gasteiger partial charge in [0, 0.05) is 13.1 Å². The number of nitrogens with zero attached hydrogens (tertiary/aromatic N) is 2. The van der Waals surface area contributed by atoms with E-state index in [0.29, 0.717) is 18.0 Å². The van der Waals surface area contributed by atoms with Gasteiger partial charge in [0.05, 0.1) is 4.91 Å². The number of thioether (sulfide) groups is 1. The minimum atomic E-state index is -0.391. The molecule has 156 valence electrons. The lowest BCUT2D eigenvalue weighted by Crippen LogP contribution is -2.44. The summed E-state index contributed by atoms with van der Waals surface area (Å²) in [5.74, 6) is -0.545. The smallest absolute Gasteiger partial charge is 0.294 e. The number of rotatable bonds is 3. The van der Waals surface area contributed by atoms with E-state index in [9.17, 15) is 14.4 Å². The highest BCUT2D eigenvalue weighted by atomic mass is 32.2. The summed E-state index contributed by atoms with van der Waals surface area (Å²) in [5.41, 5.74) is 0.918. The summed E-state index contributed by atoms with van der Waals surface area (Å²) < 4.78 is 0. The van der Waals surface area contributed by atoms with Crippen molar-refractivity contribution in [3.63, 3.8) is 0 Å². The van der Waals surface area contributed by atoms with Crippen LogP contribution in [0, 0.1) is 0 Å². The van der Waals surface area contributed by atoms with Crippen molar-refractivity contribution < 1.29 is 14.4 Å². The number of carbonyl (C=O) groups is 3. The van der Waals surface area contributed by atoms with Gasteiger partial charge in [0.1, 0.15) is 6.54 Å². The molecule has 0 N–H and O–H groups in total. The van der Waals surface area contributed by atoms with Gasteiger partial charge in [-0.15, -0.1) is 0 Å². The van der Waals surface area contributed by atoms with Crippen molar-refractivity contribution in [3.05, 3.63) is 65.1 Å². The highest BCUT2D eigenvalue weighted by molar-refractivity contribution is 8.18. The number of imide groups is 1. The number of benzene rings is 3. The van der Waals surface area contributed by atoms with E-state index < -0.39 is 5.91 Å². The van der Waals surface area contributed by atoms with E-state index in [1.54, 1.807) is 11.0 Å². The van der Waals surface area contributed by atoms with Gasteiger partial charge in [0.2, 0.25) is 5.91 Å². The van der Waals surface area contributed by atoms with Gasteiger partial charge in [-0.05, 0) is 70.3 Å². The Hall–Kier alpha value is -3.12. The lowest BCUT2D eigenvalue weighted by molar-refractivity contribution is -0.136. The maximum Gasteiger partial charge on any atom is 0.294 e. The first-order chi connectivity index (χ1) is 15.1. The number of likely N-dealkylation sites (tertiary alicyclic amines) is 1. The fourth-order valence-corrected chi connectivity index (χ4v) is 5.17.